The zero-order valence-electron chi connectivity index (χ0n) is 19.0. The summed E-state index contributed by atoms with van der Waals surface area (Å²) in [5, 5.41) is 4.91. The van der Waals surface area contributed by atoms with E-state index in [4.69, 9.17) is 5.10 Å². The van der Waals surface area contributed by atoms with E-state index in [0.29, 0.717) is 11.6 Å². The fourth-order valence-electron chi connectivity index (χ4n) is 5.84. The second kappa shape index (κ2) is 9.15. The van der Waals surface area contributed by atoms with Gasteiger partial charge in [0.15, 0.2) is 5.69 Å². The van der Waals surface area contributed by atoms with Gasteiger partial charge in [-0.15, -0.1) is 0 Å². The lowest BCUT2D eigenvalue weighted by Gasteiger charge is -2.35. The van der Waals surface area contributed by atoms with Gasteiger partial charge in [-0.3, -0.25) is 4.79 Å². The van der Waals surface area contributed by atoms with Crippen LogP contribution >= 0.6 is 0 Å². The number of hydrogen-bond donors (Lipinski definition) is 0. The van der Waals surface area contributed by atoms with Crippen LogP contribution in [0.25, 0.3) is 5.69 Å². The largest absolute Gasteiger partial charge is 0.337 e. The summed E-state index contributed by atoms with van der Waals surface area (Å²) in [4.78, 5) is 18.4. The molecule has 2 aromatic rings. The van der Waals surface area contributed by atoms with Crippen LogP contribution in [0.3, 0.4) is 0 Å². The minimum Gasteiger partial charge on any atom is -0.337 e. The Balaban J connectivity index is 1.34. The average molecular weight is 421 g/mol. The van der Waals surface area contributed by atoms with Crippen LogP contribution in [-0.4, -0.2) is 58.2 Å². The maximum atomic E-state index is 13.6. The van der Waals surface area contributed by atoms with Crippen molar-refractivity contribution >= 4 is 5.91 Å². The van der Waals surface area contributed by atoms with Crippen LogP contribution in [0.4, 0.5) is 0 Å². The first-order valence-electron chi connectivity index (χ1n) is 12.4. The van der Waals surface area contributed by atoms with Crippen molar-refractivity contribution in [3.63, 3.8) is 0 Å². The quantitative estimate of drug-likeness (QED) is 0.736. The van der Waals surface area contributed by atoms with Crippen molar-refractivity contribution in [3.05, 3.63) is 46.8 Å². The lowest BCUT2D eigenvalue weighted by molar-refractivity contribution is 0.0633. The molecule has 166 valence electrons. The number of rotatable bonds is 4. The first kappa shape index (κ1) is 20.7. The predicted molar refractivity (Wildman–Crippen MR) is 124 cm³/mol. The number of nitrogens with zero attached hydrogens (tertiary/aromatic N) is 4. The zero-order chi connectivity index (χ0) is 21.2. The van der Waals surface area contributed by atoms with Crippen molar-refractivity contribution in [3.8, 4) is 5.69 Å². The maximum absolute atomic E-state index is 13.6. The molecule has 31 heavy (non-hydrogen) atoms. The highest BCUT2D eigenvalue weighted by Crippen LogP contribution is 2.30. The van der Waals surface area contributed by atoms with Gasteiger partial charge in [-0.05, 0) is 82.5 Å². The van der Waals surface area contributed by atoms with E-state index >= 15 is 0 Å². The second-order valence-electron chi connectivity index (χ2n) is 9.80. The third-order valence-corrected chi connectivity index (χ3v) is 7.50. The lowest BCUT2D eigenvalue weighted by Crippen LogP contribution is -2.44. The van der Waals surface area contributed by atoms with Crippen molar-refractivity contribution in [2.75, 3.05) is 32.7 Å². The molecule has 1 aromatic carbocycles. The molecule has 0 spiro atoms. The Morgan fingerprint density at radius 1 is 1.00 bits per heavy atom. The molecular weight excluding hydrogens is 384 g/mol. The summed E-state index contributed by atoms with van der Waals surface area (Å²) in [6, 6.07) is 8.36. The van der Waals surface area contributed by atoms with E-state index in [0.717, 1.165) is 51.0 Å². The molecular formula is C26H36N4O. The number of aromatic nitrogens is 2. The van der Waals surface area contributed by atoms with Gasteiger partial charge in [0.1, 0.15) is 0 Å². The molecule has 3 heterocycles. The SMILES string of the molecule is Cc1ccccc1-n1nc(C(=O)N2CCCC(CN3CCCCCC3)C2)c2c1CCC2. The van der Waals surface area contributed by atoms with Gasteiger partial charge in [0, 0.05) is 30.9 Å². The fraction of sp³-hybridized carbons (Fsp3) is 0.615. The molecule has 5 rings (SSSR count). The average Bonchev–Trinajstić information content (AvgIpc) is 3.30. The number of likely N-dealkylation sites (tertiary alicyclic amines) is 2. The number of carbonyl (C=O) groups is 1. The molecule has 1 amide bonds. The number of aryl methyl sites for hydroxylation is 1. The number of benzene rings is 1. The van der Waals surface area contributed by atoms with E-state index in [2.05, 4.69) is 45.7 Å². The monoisotopic (exact) mass is 420 g/mol. The number of piperidine rings is 1. The standard InChI is InChI=1S/C26H36N4O/c1-20-10-4-5-13-23(20)30-24-14-8-12-22(24)25(27-30)26(31)29-17-9-11-21(19-29)18-28-15-6-2-3-7-16-28/h4-5,10,13,21H,2-3,6-9,11-12,14-19H2,1H3. The number of carbonyl (C=O) groups excluding carboxylic acids is 1. The summed E-state index contributed by atoms with van der Waals surface area (Å²) in [7, 11) is 0. The number of amides is 1. The van der Waals surface area contributed by atoms with Crippen molar-refractivity contribution < 1.29 is 4.79 Å². The normalized spacial score (nSPS) is 22.4. The molecule has 0 radical (unpaired) electrons. The number of para-hydroxylation sites is 1. The highest BCUT2D eigenvalue weighted by molar-refractivity contribution is 5.94. The Hall–Kier alpha value is -2.14. The van der Waals surface area contributed by atoms with Crippen LogP contribution in [0.5, 0.6) is 0 Å². The minimum atomic E-state index is 0.158. The van der Waals surface area contributed by atoms with Crippen molar-refractivity contribution in [1.82, 2.24) is 19.6 Å². The summed E-state index contributed by atoms with van der Waals surface area (Å²) in [5.74, 6) is 0.758. The van der Waals surface area contributed by atoms with Gasteiger partial charge in [-0.2, -0.15) is 5.10 Å². The number of hydrogen-bond acceptors (Lipinski definition) is 3. The first-order valence-corrected chi connectivity index (χ1v) is 12.4. The molecule has 1 aromatic heterocycles. The Morgan fingerprint density at radius 3 is 2.61 bits per heavy atom. The van der Waals surface area contributed by atoms with Gasteiger partial charge < -0.3 is 9.80 Å². The Morgan fingerprint density at radius 2 is 1.81 bits per heavy atom. The summed E-state index contributed by atoms with van der Waals surface area (Å²) in [5.41, 5.74) is 5.47. The lowest BCUT2D eigenvalue weighted by atomic mass is 9.96. The third kappa shape index (κ3) is 4.30. The molecule has 1 atom stereocenters. The smallest absolute Gasteiger partial charge is 0.274 e. The maximum Gasteiger partial charge on any atom is 0.274 e. The van der Waals surface area contributed by atoms with Crippen molar-refractivity contribution in [2.24, 2.45) is 5.92 Å². The zero-order valence-corrected chi connectivity index (χ0v) is 19.0. The highest BCUT2D eigenvalue weighted by Gasteiger charge is 2.32. The first-order chi connectivity index (χ1) is 15.2. The molecule has 0 N–H and O–H groups in total. The molecule has 1 aliphatic carbocycles. The summed E-state index contributed by atoms with van der Waals surface area (Å²) in [6.45, 7) is 7.51. The molecule has 2 aliphatic heterocycles. The topological polar surface area (TPSA) is 41.4 Å². The van der Waals surface area contributed by atoms with E-state index in [-0.39, 0.29) is 5.91 Å². The molecule has 5 heteroatoms. The van der Waals surface area contributed by atoms with Gasteiger partial charge in [-0.25, -0.2) is 4.68 Å². The van der Waals surface area contributed by atoms with Crippen molar-refractivity contribution in [1.29, 1.82) is 0 Å². The van der Waals surface area contributed by atoms with Gasteiger partial charge in [0.25, 0.3) is 5.91 Å². The third-order valence-electron chi connectivity index (χ3n) is 7.50. The molecule has 3 aliphatic rings. The molecule has 0 saturated carbocycles. The molecule has 0 bridgehead atoms. The Kier molecular flexibility index (Phi) is 6.13. The van der Waals surface area contributed by atoms with E-state index in [1.165, 1.54) is 62.0 Å². The van der Waals surface area contributed by atoms with Gasteiger partial charge in [-0.1, -0.05) is 31.0 Å². The van der Waals surface area contributed by atoms with Gasteiger partial charge in [0.05, 0.1) is 5.69 Å². The van der Waals surface area contributed by atoms with Crippen LogP contribution in [-0.2, 0) is 12.8 Å². The van der Waals surface area contributed by atoms with E-state index < -0.39 is 0 Å². The van der Waals surface area contributed by atoms with Crippen LogP contribution < -0.4 is 0 Å². The van der Waals surface area contributed by atoms with Crippen LogP contribution in [0.15, 0.2) is 24.3 Å². The number of fused-ring (bicyclic) bond motifs is 1. The summed E-state index contributed by atoms with van der Waals surface area (Å²) < 4.78 is 2.06. The molecule has 2 saturated heterocycles. The van der Waals surface area contributed by atoms with Gasteiger partial charge >= 0.3 is 0 Å². The molecule has 5 nitrogen and oxygen atoms in total. The van der Waals surface area contributed by atoms with Gasteiger partial charge in [0.2, 0.25) is 0 Å². The Labute approximate surface area is 186 Å². The summed E-state index contributed by atoms with van der Waals surface area (Å²) in [6.07, 6.45) is 10.9. The Bertz CT molecular complexity index is 925. The van der Waals surface area contributed by atoms with E-state index in [9.17, 15) is 4.79 Å². The second-order valence-corrected chi connectivity index (χ2v) is 9.80. The van der Waals surface area contributed by atoms with Crippen LogP contribution in [0.2, 0.25) is 0 Å². The van der Waals surface area contributed by atoms with E-state index in [1.807, 2.05) is 0 Å². The van der Waals surface area contributed by atoms with Crippen LogP contribution in [0.1, 0.15) is 72.3 Å². The predicted octanol–water partition coefficient (Wildman–Crippen LogP) is 4.40. The minimum absolute atomic E-state index is 0.158. The van der Waals surface area contributed by atoms with E-state index in [1.54, 1.807) is 0 Å². The summed E-state index contributed by atoms with van der Waals surface area (Å²) >= 11 is 0. The molecule has 2 fully saturated rings. The van der Waals surface area contributed by atoms with Crippen LogP contribution in [0, 0.1) is 12.8 Å². The highest BCUT2D eigenvalue weighted by atomic mass is 16.2. The molecule has 1 unspecified atom stereocenters. The fourth-order valence-corrected chi connectivity index (χ4v) is 5.84. The van der Waals surface area contributed by atoms with Crippen molar-refractivity contribution in [2.45, 2.75) is 64.7 Å².